The van der Waals surface area contributed by atoms with Crippen LogP contribution in [0.25, 0.3) is 0 Å². The lowest BCUT2D eigenvalue weighted by Crippen LogP contribution is -2.34. The second kappa shape index (κ2) is 5.11. The number of nitrogens with zero attached hydrogens (tertiary/aromatic N) is 1. The fraction of sp³-hybridized carbons (Fsp3) is 1.00. The molecule has 0 unspecified atom stereocenters. The van der Waals surface area contributed by atoms with Gasteiger partial charge in [0, 0.05) is 26.3 Å². The minimum Gasteiger partial charge on any atom is -0.300 e. The lowest BCUT2D eigenvalue weighted by atomic mass is 10.3. The van der Waals surface area contributed by atoms with Crippen molar-refractivity contribution in [3.05, 3.63) is 0 Å². The summed E-state index contributed by atoms with van der Waals surface area (Å²) in [6.45, 7) is 7.85. The number of rotatable bonds is 5. The van der Waals surface area contributed by atoms with Crippen LogP contribution in [0.4, 0.5) is 0 Å². The average molecular weight is 209 g/mol. The molecule has 0 fully saturated rings. The summed E-state index contributed by atoms with van der Waals surface area (Å²) in [7, 11) is -0.261. The van der Waals surface area contributed by atoms with Gasteiger partial charge in [0.1, 0.15) is 0 Å². The normalized spacial score (nSPS) is 13.3. The summed E-state index contributed by atoms with van der Waals surface area (Å²) in [5, 5.41) is 0. The summed E-state index contributed by atoms with van der Waals surface area (Å²) in [5.41, 5.74) is 0. The molecule has 0 radical (unpaired) electrons. The zero-order valence-electron chi connectivity index (χ0n) is 9.27. The van der Waals surface area contributed by atoms with E-state index in [9.17, 15) is 4.57 Å². The van der Waals surface area contributed by atoms with Crippen molar-refractivity contribution >= 4 is 7.75 Å². The molecule has 0 rings (SSSR count). The fourth-order valence-corrected chi connectivity index (χ4v) is 3.08. The van der Waals surface area contributed by atoms with Crippen LogP contribution < -0.4 is 0 Å². The van der Waals surface area contributed by atoms with Crippen molar-refractivity contribution in [3.63, 3.8) is 0 Å². The van der Waals surface area contributed by atoms with Gasteiger partial charge < -0.3 is 0 Å². The Morgan fingerprint density at radius 2 is 1.31 bits per heavy atom. The molecule has 0 aromatic heterocycles. The first kappa shape index (κ1) is 13.1. The van der Waals surface area contributed by atoms with Gasteiger partial charge in [-0.05, 0) is 27.7 Å². The van der Waals surface area contributed by atoms with E-state index < -0.39 is 7.75 Å². The SMILES string of the molecule is COP(=O)(OC)N(C(C)C)C(C)C. The van der Waals surface area contributed by atoms with Crippen LogP contribution in [0.3, 0.4) is 0 Å². The van der Waals surface area contributed by atoms with Crippen LogP contribution in [0, 0.1) is 0 Å². The van der Waals surface area contributed by atoms with E-state index in [-0.39, 0.29) is 12.1 Å². The molecule has 0 heterocycles. The minimum atomic E-state index is -3.07. The summed E-state index contributed by atoms with van der Waals surface area (Å²) < 4.78 is 23.6. The van der Waals surface area contributed by atoms with Crippen molar-refractivity contribution in [2.75, 3.05) is 14.2 Å². The van der Waals surface area contributed by atoms with Crippen molar-refractivity contribution in [2.45, 2.75) is 39.8 Å². The second-order valence-electron chi connectivity index (χ2n) is 3.40. The molecule has 0 aliphatic heterocycles. The van der Waals surface area contributed by atoms with Gasteiger partial charge in [-0.1, -0.05) is 0 Å². The van der Waals surface area contributed by atoms with Crippen molar-refractivity contribution in [3.8, 4) is 0 Å². The second-order valence-corrected chi connectivity index (χ2v) is 5.53. The van der Waals surface area contributed by atoms with Gasteiger partial charge >= 0.3 is 7.75 Å². The lowest BCUT2D eigenvalue weighted by molar-refractivity contribution is 0.170. The van der Waals surface area contributed by atoms with E-state index in [4.69, 9.17) is 9.05 Å². The zero-order chi connectivity index (χ0) is 10.6. The van der Waals surface area contributed by atoms with Crippen LogP contribution in [0.15, 0.2) is 0 Å². The Morgan fingerprint density at radius 1 is 1.00 bits per heavy atom. The molecule has 0 atom stereocenters. The molecular formula is C8H20NO3P. The van der Waals surface area contributed by atoms with Gasteiger partial charge in [0.25, 0.3) is 0 Å². The van der Waals surface area contributed by atoms with E-state index in [0.717, 1.165) is 0 Å². The highest BCUT2D eigenvalue weighted by atomic mass is 31.2. The van der Waals surface area contributed by atoms with E-state index in [2.05, 4.69) is 0 Å². The third-order valence-corrected chi connectivity index (χ3v) is 4.21. The summed E-state index contributed by atoms with van der Waals surface area (Å²) in [4.78, 5) is 0. The standard InChI is InChI=1S/C8H20NO3P/c1-7(2)9(8(3)4)13(10,11-5)12-6/h7-8H,1-6H3. The molecule has 0 aromatic carbocycles. The predicted molar refractivity (Wildman–Crippen MR) is 53.7 cm³/mol. The molecule has 0 saturated heterocycles. The van der Waals surface area contributed by atoms with Gasteiger partial charge in [-0.25, -0.2) is 9.24 Å². The summed E-state index contributed by atoms with van der Waals surface area (Å²) in [6, 6.07) is 0.261. The van der Waals surface area contributed by atoms with Gasteiger partial charge in [-0.3, -0.25) is 9.05 Å². The number of hydrogen-bond acceptors (Lipinski definition) is 3. The monoisotopic (exact) mass is 209 g/mol. The Morgan fingerprint density at radius 3 is 1.38 bits per heavy atom. The molecular weight excluding hydrogens is 189 g/mol. The molecule has 80 valence electrons. The molecule has 0 spiro atoms. The first-order chi connectivity index (χ1) is 5.89. The third-order valence-electron chi connectivity index (χ3n) is 1.80. The van der Waals surface area contributed by atoms with E-state index in [1.54, 1.807) is 4.67 Å². The highest BCUT2D eigenvalue weighted by Crippen LogP contribution is 2.52. The van der Waals surface area contributed by atoms with E-state index >= 15 is 0 Å². The third kappa shape index (κ3) is 3.06. The van der Waals surface area contributed by atoms with Gasteiger partial charge in [-0.15, -0.1) is 0 Å². The topological polar surface area (TPSA) is 38.8 Å². The molecule has 5 heteroatoms. The summed E-state index contributed by atoms with van der Waals surface area (Å²) >= 11 is 0. The Bertz CT molecular complexity index is 178. The van der Waals surface area contributed by atoms with Crippen LogP contribution in [0.2, 0.25) is 0 Å². The average Bonchev–Trinajstić information content (AvgIpc) is 2.02. The van der Waals surface area contributed by atoms with Crippen LogP contribution in [0.1, 0.15) is 27.7 Å². The maximum Gasteiger partial charge on any atom is 0.408 e. The van der Waals surface area contributed by atoms with Crippen molar-refractivity contribution in [1.29, 1.82) is 0 Å². The van der Waals surface area contributed by atoms with Gasteiger partial charge in [0.05, 0.1) is 0 Å². The molecule has 0 aliphatic rings. The van der Waals surface area contributed by atoms with Gasteiger partial charge in [-0.2, -0.15) is 0 Å². The summed E-state index contributed by atoms with van der Waals surface area (Å²) in [6.07, 6.45) is 0. The van der Waals surface area contributed by atoms with Crippen LogP contribution in [-0.4, -0.2) is 31.0 Å². The van der Waals surface area contributed by atoms with Gasteiger partial charge in [0.2, 0.25) is 0 Å². The molecule has 0 bridgehead atoms. The van der Waals surface area contributed by atoms with E-state index in [0.29, 0.717) is 0 Å². The Balaban J connectivity index is 4.81. The first-order valence-corrected chi connectivity index (χ1v) is 5.89. The molecule has 0 aliphatic carbocycles. The van der Waals surface area contributed by atoms with E-state index in [1.807, 2.05) is 27.7 Å². The van der Waals surface area contributed by atoms with Crippen LogP contribution >= 0.6 is 7.75 Å². The maximum atomic E-state index is 12.0. The maximum absolute atomic E-state index is 12.0. The summed E-state index contributed by atoms with van der Waals surface area (Å²) in [5.74, 6) is 0. The first-order valence-electron chi connectivity index (χ1n) is 4.39. The Kier molecular flexibility index (Phi) is 5.15. The quantitative estimate of drug-likeness (QED) is 0.652. The number of hydrogen-bond donors (Lipinski definition) is 0. The molecule has 0 N–H and O–H groups in total. The smallest absolute Gasteiger partial charge is 0.300 e. The van der Waals surface area contributed by atoms with E-state index in [1.165, 1.54) is 14.2 Å². The van der Waals surface area contributed by atoms with Crippen LogP contribution in [0.5, 0.6) is 0 Å². The Labute approximate surface area is 80.8 Å². The largest absolute Gasteiger partial charge is 0.408 e. The molecule has 0 aromatic rings. The molecule has 4 nitrogen and oxygen atoms in total. The molecule has 0 amide bonds. The lowest BCUT2D eigenvalue weighted by Gasteiger charge is -2.34. The van der Waals surface area contributed by atoms with Crippen molar-refractivity contribution < 1.29 is 13.6 Å². The molecule has 0 saturated carbocycles. The fourth-order valence-electron chi connectivity index (χ4n) is 1.43. The predicted octanol–water partition coefficient (Wildman–Crippen LogP) is 2.51. The zero-order valence-corrected chi connectivity index (χ0v) is 10.2. The molecule has 13 heavy (non-hydrogen) atoms. The highest BCUT2D eigenvalue weighted by Gasteiger charge is 2.35. The van der Waals surface area contributed by atoms with Crippen LogP contribution in [-0.2, 0) is 13.6 Å². The van der Waals surface area contributed by atoms with Crippen molar-refractivity contribution in [2.24, 2.45) is 0 Å². The highest BCUT2D eigenvalue weighted by molar-refractivity contribution is 7.51. The van der Waals surface area contributed by atoms with Crippen molar-refractivity contribution in [1.82, 2.24) is 4.67 Å². The van der Waals surface area contributed by atoms with Gasteiger partial charge in [0.15, 0.2) is 0 Å². The Hall–Kier alpha value is 0.110. The minimum absolute atomic E-state index is 0.130.